The maximum absolute atomic E-state index is 13.0. The number of pyridine rings is 1. The largest absolute Gasteiger partial charge is 0.416 e. The van der Waals surface area contributed by atoms with E-state index in [2.05, 4.69) is 11.8 Å². The first kappa shape index (κ1) is 20.1. The lowest BCUT2D eigenvalue weighted by atomic mass is 10.1. The summed E-state index contributed by atoms with van der Waals surface area (Å²) in [6.07, 6.45) is -2.14. The molecule has 0 aliphatic carbocycles. The van der Waals surface area contributed by atoms with Crippen LogP contribution in [0.1, 0.15) is 29.3 Å². The molecule has 1 aromatic heterocycles. The number of alkyl halides is 3. The lowest BCUT2D eigenvalue weighted by Gasteiger charge is -2.34. The van der Waals surface area contributed by atoms with Gasteiger partial charge in [0, 0.05) is 44.1 Å². The molecule has 3 rings (SSSR count). The van der Waals surface area contributed by atoms with Crippen LogP contribution < -0.4 is 5.56 Å². The molecule has 2 heterocycles. The predicted molar refractivity (Wildman–Crippen MR) is 99.7 cm³/mol. The van der Waals surface area contributed by atoms with Crippen LogP contribution in [0.25, 0.3) is 5.69 Å². The van der Waals surface area contributed by atoms with E-state index in [4.69, 9.17) is 0 Å². The van der Waals surface area contributed by atoms with Gasteiger partial charge in [-0.2, -0.15) is 13.2 Å². The summed E-state index contributed by atoms with van der Waals surface area (Å²) in [5, 5.41) is 0. The van der Waals surface area contributed by atoms with Crippen molar-refractivity contribution in [2.75, 3.05) is 32.7 Å². The quantitative estimate of drug-likeness (QED) is 0.802. The molecule has 0 bridgehead atoms. The molecule has 1 saturated heterocycles. The van der Waals surface area contributed by atoms with Crippen LogP contribution in [0.5, 0.6) is 0 Å². The zero-order valence-electron chi connectivity index (χ0n) is 15.6. The molecule has 0 atom stereocenters. The van der Waals surface area contributed by atoms with Crippen molar-refractivity contribution in [3.05, 3.63) is 64.1 Å². The van der Waals surface area contributed by atoms with Crippen molar-refractivity contribution < 1.29 is 18.0 Å². The van der Waals surface area contributed by atoms with Gasteiger partial charge >= 0.3 is 6.18 Å². The molecule has 0 radical (unpaired) electrons. The Bertz CT molecular complexity index is 900. The highest BCUT2D eigenvalue weighted by Gasteiger charge is 2.30. The number of piperazine rings is 1. The van der Waals surface area contributed by atoms with E-state index in [1.165, 1.54) is 30.5 Å². The number of hydrogen-bond acceptors (Lipinski definition) is 3. The van der Waals surface area contributed by atoms with Crippen LogP contribution in [-0.2, 0) is 6.18 Å². The van der Waals surface area contributed by atoms with Gasteiger partial charge in [0.05, 0.1) is 11.1 Å². The smallest absolute Gasteiger partial charge is 0.336 e. The molecule has 1 aromatic carbocycles. The average Bonchev–Trinajstić information content (AvgIpc) is 2.68. The van der Waals surface area contributed by atoms with Gasteiger partial charge in [-0.05, 0) is 37.2 Å². The number of halogens is 3. The van der Waals surface area contributed by atoms with Crippen molar-refractivity contribution in [1.29, 1.82) is 0 Å². The number of carbonyl (C=O) groups is 1. The normalized spacial score (nSPS) is 15.6. The maximum atomic E-state index is 13.0. The Kier molecular flexibility index (Phi) is 5.88. The number of hydrogen-bond donors (Lipinski definition) is 0. The number of amides is 1. The molecule has 1 aliphatic rings. The number of carbonyl (C=O) groups excluding carboxylic acids is 1. The highest BCUT2D eigenvalue weighted by Crippen LogP contribution is 2.30. The number of benzene rings is 1. The molecule has 5 nitrogen and oxygen atoms in total. The third-order valence-electron chi connectivity index (χ3n) is 4.81. The lowest BCUT2D eigenvalue weighted by Crippen LogP contribution is -2.48. The molecule has 8 heteroatoms. The average molecular weight is 393 g/mol. The minimum absolute atomic E-state index is 0.0715. The van der Waals surface area contributed by atoms with Gasteiger partial charge in [0.2, 0.25) is 0 Å². The maximum Gasteiger partial charge on any atom is 0.416 e. The summed E-state index contributed by atoms with van der Waals surface area (Å²) in [4.78, 5) is 29.0. The Morgan fingerprint density at radius 2 is 1.79 bits per heavy atom. The second kappa shape index (κ2) is 8.18. The Labute approximate surface area is 161 Å². The SMILES string of the molecule is CCCN1CCN(C(=O)c2ccc(=O)n(-c3cccc(C(F)(F)F)c3)c2)CC1. The van der Waals surface area contributed by atoms with E-state index < -0.39 is 17.3 Å². The first-order chi connectivity index (χ1) is 13.3. The van der Waals surface area contributed by atoms with Gasteiger partial charge in [0.25, 0.3) is 11.5 Å². The molecular formula is C20H22F3N3O2. The Balaban J connectivity index is 1.84. The van der Waals surface area contributed by atoms with Crippen LogP contribution in [0.15, 0.2) is 47.4 Å². The molecule has 28 heavy (non-hydrogen) atoms. The summed E-state index contributed by atoms with van der Waals surface area (Å²) in [7, 11) is 0. The second-order valence-corrected chi connectivity index (χ2v) is 6.81. The van der Waals surface area contributed by atoms with Gasteiger partial charge in [0.1, 0.15) is 0 Å². The summed E-state index contributed by atoms with van der Waals surface area (Å²) >= 11 is 0. The summed E-state index contributed by atoms with van der Waals surface area (Å²) in [6.45, 7) is 5.83. The minimum atomic E-state index is -4.51. The van der Waals surface area contributed by atoms with Crippen molar-refractivity contribution in [2.45, 2.75) is 19.5 Å². The molecule has 150 valence electrons. The van der Waals surface area contributed by atoms with Crippen LogP contribution >= 0.6 is 0 Å². The molecule has 2 aromatic rings. The molecule has 0 N–H and O–H groups in total. The molecule has 0 saturated carbocycles. The van der Waals surface area contributed by atoms with Crippen LogP contribution in [0.3, 0.4) is 0 Å². The van der Waals surface area contributed by atoms with E-state index in [0.717, 1.165) is 42.8 Å². The van der Waals surface area contributed by atoms with E-state index in [-0.39, 0.29) is 17.2 Å². The summed E-state index contributed by atoms with van der Waals surface area (Å²) in [5.41, 5.74) is -0.993. The number of nitrogens with zero attached hydrogens (tertiary/aromatic N) is 3. The molecule has 1 amide bonds. The Hall–Kier alpha value is -2.61. The first-order valence-electron chi connectivity index (χ1n) is 9.21. The Morgan fingerprint density at radius 1 is 1.07 bits per heavy atom. The van der Waals surface area contributed by atoms with Crippen molar-refractivity contribution in [1.82, 2.24) is 14.4 Å². The second-order valence-electron chi connectivity index (χ2n) is 6.81. The molecule has 1 fully saturated rings. The highest BCUT2D eigenvalue weighted by molar-refractivity contribution is 5.94. The van der Waals surface area contributed by atoms with E-state index in [1.54, 1.807) is 4.90 Å². The summed E-state index contributed by atoms with van der Waals surface area (Å²) in [6, 6.07) is 7.13. The number of aromatic nitrogens is 1. The van der Waals surface area contributed by atoms with E-state index in [1.807, 2.05) is 0 Å². The predicted octanol–water partition coefficient (Wildman–Crippen LogP) is 3.02. The topological polar surface area (TPSA) is 45.6 Å². The van der Waals surface area contributed by atoms with Gasteiger partial charge in [0.15, 0.2) is 0 Å². The van der Waals surface area contributed by atoms with E-state index >= 15 is 0 Å². The monoisotopic (exact) mass is 393 g/mol. The van der Waals surface area contributed by atoms with Crippen LogP contribution in [0, 0.1) is 0 Å². The first-order valence-corrected chi connectivity index (χ1v) is 9.21. The van der Waals surface area contributed by atoms with Gasteiger partial charge in [-0.25, -0.2) is 0 Å². The third-order valence-corrected chi connectivity index (χ3v) is 4.81. The minimum Gasteiger partial charge on any atom is -0.336 e. The molecule has 1 aliphatic heterocycles. The molecular weight excluding hydrogens is 371 g/mol. The zero-order chi connectivity index (χ0) is 20.3. The van der Waals surface area contributed by atoms with Gasteiger partial charge in [-0.3, -0.25) is 19.1 Å². The van der Waals surface area contributed by atoms with Crippen molar-refractivity contribution >= 4 is 5.91 Å². The molecule has 0 spiro atoms. The fourth-order valence-electron chi connectivity index (χ4n) is 3.32. The lowest BCUT2D eigenvalue weighted by molar-refractivity contribution is -0.137. The van der Waals surface area contributed by atoms with Crippen molar-refractivity contribution in [2.24, 2.45) is 0 Å². The summed E-state index contributed by atoms with van der Waals surface area (Å²) in [5.74, 6) is -0.225. The van der Waals surface area contributed by atoms with Crippen LogP contribution in [-0.4, -0.2) is 53.0 Å². The van der Waals surface area contributed by atoms with E-state index in [0.29, 0.717) is 13.1 Å². The van der Waals surface area contributed by atoms with Crippen LogP contribution in [0.2, 0.25) is 0 Å². The number of rotatable bonds is 4. The fourth-order valence-corrected chi connectivity index (χ4v) is 3.32. The molecule has 0 unspecified atom stereocenters. The van der Waals surface area contributed by atoms with Gasteiger partial charge in [-0.1, -0.05) is 13.0 Å². The van der Waals surface area contributed by atoms with E-state index in [9.17, 15) is 22.8 Å². The summed E-state index contributed by atoms with van der Waals surface area (Å²) < 4.78 is 40.0. The fraction of sp³-hybridized carbons (Fsp3) is 0.400. The van der Waals surface area contributed by atoms with Crippen LogP contribution in [0.4, 0.5) is 13.2 Å². The van der Waals surface area contributed by atoms with Gasteiger partial charge in [-0.15, -0.1) is 0 Å². The van der Waals surface area contributed by atoms with Crippen molar-refractivity contribution in [3.8, 4) is 5.69 Å². The Morgan fingerprint density at radius 3 is 2.43 bits per heavy atom. The highest BCUT2D eigenvalue weighted by atomic mass is 19.4. The standard InChI is InChI=1S/C20H22F3N3O2/c1-2-8-24-9-11-25(12-10-24)19(28)15-6-7-18(27)26(14-15)17-5-3-4-16(13-17)20(21,22)23/h3-7,13-14H,2,8-12H2,1H3. The van der Waals surface area contributed by atoms with Crippen molar-refractivity contribution in [3.63, 3.8) is 0 Å². The third kappa shape index (κ3) is 4.44. The zero-order valence-corrected chi connectivity index (χ0v) is 15.6. The van der Waals surface area contributed by atoms with Gasteiger partial charge < -0.3 is 4.90 Å².